The van der Waals surface area contributed by atoms with Crippen LogP contribution >= 0.6 is 11.6 Å². The molecule has 0 unspecified atom stereocenters. The first-order valence-electron chi connectivity index (χ1n) is 6.36. The standard InChI is InChI=1S/C15H15ClN2O3/c1-21-13-5-3-2-4-10(13)6-7-17-14-12(16)8-11(9-18-14)15(19)20/h2-5,8-9H,6-7H2,1H3,(H,17,18)(H,19,20). The summed E-state index contributed by atoms with van der Waals surface area (Å²) >= 11 is 6.00. The van der Waals surface area contributed by atoms with Crippen LogP contribution in [0.5, 0.6) is 5.75 Å². The molecule has 0 aliphatic carbocycles. The van der Waals surface area contributed by atoms with Gasteiger partial charge in [-0.15, -0.1) is 0 Å². The Hall–Kier alpha value is -2.27. The van der Waals surface area contributed by atoms with Crippen LogP contribution in [-0.4, -0.2) is 29.7 Å². The van der Waals surface area contributed by atoms with Crippen molar-refractivity contribution in [3.05, 3.63) is 52.7 Å². The van der Waals surface area contributed by atoms with E-state index >= 15 is 0 Å². The fourth-order valence-electron chi connectivity index (χ4n) is 1.91. The highest BCUT2D eigenvalue weighted by Gasteiger charge is 2.08. The lowest BCUT2D eigenvalue weighted by molar-refractivity contribution is 0.0696. The Kier molecular flexibility index (Phi) is 5.00. The number of pyridine rings is 1. The van der Waals surface area contributed by atoms with Gasteiger partial charge in [0.1, 0.15) is 11.6 Å². The fraction of sp³-hybridized carbons (Fsp3) is 0.200. The number of anilines is 1. The van der Waals surface area contributed by atoms with E-state index in [0.717, 1.165) is 17.7 Å². The molecule has 110 valence electrons. The Morgan fingerprint density at radius 3 is 2.86 bits per heavy atom. The molecule has 0 amide bonds. The number of carbonyl (C=O) groups is 1. The second-order valence-corrected chi connectivity index (χ2v) is 4.76. The maximum Gasteiger partial charge on any atom is 0.337 e. The Balaban J connectivity index is 1.99. The van der Waals surface area contributed by atoms with E-state index in [1.54, 1.807) is 7.11 Å². The molecular weight excluding hydrogens is 292 g/mol. The second kappa shape index (κ2) is 6.95. The molecule has 0 atom stereocenters. The van der Waals surface area contributed by atoms with E-state index < -0.39 is 5.97 Å². The number of nitrogens with zero attached hydrogens (tertiary/aromatic N) is 1. The lowest BCUT2D eigenvalue weighted by Gasteiger charge is -2.10. The number of carboxylic acid groups (broad SMARTS) is 1. The van der Waals surface area contributed by atoms with Crippen molar-refractivity contribution in [1.29, 1.82) is 0 Å². The third-order valence-electron chi connectivity index (χ3n) is 2.97. The fourth-order valence-corrected chi connectivity index (χ4v) is 2.14. The summed E-state index contributed by atoms with van der Waals surface area (Å²) < 4.78 is 5.28. The molecule has 1 aromatic carbocycles. The molecule has 1 heterocycles. The van der Waals surface area contributed by atoms with Crippen molar-refractivity contribution in [2.45, 2.75) is 6.42 Å². The van der Waals surface area contributed by atoms with Crippen molar-refractivity contribution in [3.63, 3.8) is 0 Å². The first kappa shape index (κ1) is 15.1. The van der Waals surface area contributed by atoms with Gasteiger partial charge in [0.15, 0.2) is 0 Å². The lowest BCUT2D eigenvalue weighted by atomic mass is 10.1. The summed E-state index contributed by atoms with van der Waals surface area (Å²) in [6, 6.07) is 9.14. The van der Waals surface area contributed by atoms with Gasteiger partial charge in [0, 0.05) is 12.7 Å². The minimum absolute atomic E-state index is 0.0651. The van der Waals surface area contributed by atoms with E-state index in [9.17, 15) is 4.79 Å². The zero-order valence-corrected chi connectivity index (χ0v) is 12.2. The molecule has 0 spiro atoms. The molecule has 1 aromatic heterocycles. The number of nitrogens with one attached hydrogen (secondary N) is 1. The second-order valence-electron chi connectivity index (χ2n) is 4.35. The van der Waals surface area contributed by atoms with Crippen LogP contribution in [0, 0.1) is 0 Å². The average molecular weight is 307 g/mol. The number of hydrogen-bond donors (Lipinski definition) is 2. The van der Waals surface area contributed by atoms with E-state index in [1.807, 2.05) is 24.3 Å². The summed E-state index contributed by atoms with van der Waals surface area (Å²) in [7, 11) is 1.63. The summed E-state index contributed by atoms with van der Waals surface area (Å²) in [6.45, 7) is 0.611. The molecule has 5 nitrogen and oxygen atoms in total. The number of methoxy groups -OCH3 is 1. The number of aromatic carboxylic acids is 1. The van der Waals surface area contributed by atoms with Crippen LogP contribution in [0.4, 0.5) is 5.82 Å². The van der Waals surface area contributed by atoms with Crippen molar-refractivity contribution in [2.24, 2.45) is 0 Å². The Morgan fingerprint density at radius 2 is 2.19 bits per heavy atom. The average Bonchev–Trinajstić information content (AvgIpc) is 2.49. The van der Waals surface area contributed by atoms with Crippen LogP contribution < -0.4 is 10.1 Å². The molecule has 0 bridgehead atoms. The van der Waals surface area contributed by atoms with Crippen molar-refractivity contribution >= 4 is 23.4 Å². The van der Waals surface area contributed by atoms with Gasteiger partial charge in [-0.3, -0.25) is 0 Å². The van der Waals surface area contributed by atoms with E-state index in [-0.39, 0.29) is 10.6 Å². The zero-order chi connectivity index (χ0) is 15.2. The van der Waals surface area contributed by atoms with Gasteiger partial charge in [0.25, 0.3) is 0 Å². The van der Waals surface area contributed by atoms with Crippen LogP contribution in [-0.2, 0) is 6.42 Å². The maximum atomic E-state index is 10.8. The molecule has 21 heavy (non-hydrogen) atoms. The number of halogens is 1. The summed E-state index contributed by atoms with van der Waals surface area (Å²) in [4.78, 5) is 14.8. The topological polar surface area (TPSA) is 71.5 Å². The first-order chi connectivity index (χ1) is 10.1. The van der Waals surface area contributed by atoms with Crippen LogP contribution in [0.1, 0.15) is 15.9 Å². The number of hydrogen-bond acceptors (Lipinski definition) is 4. The summed E-state index contributed by atoms with van der Waals surface area (Å²) in [5.74, 6) is 0.251. The van der Waals surface area contributed by atoms with Gasteiger partial charge in [0.05, 0.1) is 17.7 Å². The minimum atomic E-state index is -1.05. The molecule has 0 saturated heterocycles. The number of carboxylic acids is 1. The van der Waals surface area contributed by atoms with Crippen molar-refractivity contribution in [3.8, 4) is 5.75 Å². The van der Waals surface area contributed by atoms with Crippen LogP contribution in [0.15, 0.2) is 36.5 Å². The van der Waals surface area contributed by atoms with E-state index in [4.69, 9.17) is 21.4 Å². The monoisotopic (exact) mass is 306 g/mol. The van der Waals surface area contributed by atoms with Gasteiger partial charge < -0.3 is 15.2 Å². The van der Waals surface area contributed by atoms with Crippen LogP contribution in [0.3, 0.4) is 0 Å². The van der Waals surface area contributed by atoms with Crippen molar-refractivity contribution < 1.29 is 14.6 Å². The lowest BCUT2D eigenvalue weighted by Crippen LogP contribution is -2.08. The highest BCUT2D eigenvalue weighted by atomic mass is 35.5. The molecule has 0 radical (unpaired) electrons. The summed E-state index contributed by atoms with van der Waals surface area (Å²) in [5, 5.41) is 12.2. The molecule has 2 aromatic rings. The number of para-hydroxylation sites is 1. The zero-order valence-electron chi connectivity index (χ0n) is 11.5. The molecule has 0 saturated carbocycles. The predicted octanol–water partition coefficient (Wildman–Crippen LogP) is 3.10. The molecule has 2 N–H and O–H groups in total. The number of rotatable bonds is 6. The van der Waals surface area contributed by atoms with Gasteiger partial charge in [-0.1, -0.05) is 29.8 Å². The largest absolute Gasteiger partial charge is 0.496 e. The molecular formula is C15H15ClN2O3. The quantitative estimate of drug-likeness (QED) is 0.858. The van der Waals surface area contributed by atoms with Crippen LogP contribution in [0.25, 0.3) is 0 Å². The molecule has 6 heteroatoms. The van der Waals surface area contributed by atoms with Gasteiger partial charge in [-0.05, 0) is 24.1 Å². The summed E-state index contributed by atoms with van der Waals surface area (Å²) in [5.41, 5.74) is 1.14. The molecule has 0 aliphatic heterocycles. The molecule has 0 fully saturated rings. The summed E-state index contributed by atoms with van der Waals surface area (Å²) in [6.07, 6.45) is 2.02. The van der Waals surface area contributed by atoms with Gasteiger partial charge in [0.2, 0.25) is 0 Å². The highest BCUT2D eigenvalue weighted by Crippen LogP contribution is 2.21. The van der Waals surface area contributed by atoms with Gasteiger partial charge in [-0.2, -0.15) is 0 Å². The van der Waals surface area contributed by atoms with Gasteiger partial charge >= 0.3 is 5.97 Å². The molecule has 2 rings (SSSR count). The van der Waals surface area contributed by atoms with Crippen LogP contribution in [0.2, 0.25) is 5.02 Å². The van der Waals surface area contributed by atoms with E-state index in [1.165, 1.54) is 12.3 Å². The van der Waals surface area contributed by atoms with E-state index in [0.29, 0.717) is 12.4 Å². The van der Waals surface area contributed by atoms with Crippen molar-refractivity contribution in [2.75, 3.05) is 19.0 Å². The Bertz CT molecular complexity index is 647. The number of ether oxygens (including phenoxy) is 1. The number of aromatic nitrogens is 1. The molecule has 0 aliphatic rings. The number of benzene rings is 1. The Labute approximate surface area is 127 Å². The maximum absolute atomic E-state index is 10.8. The van der Waals surface area contributed by atoms with Crippen molar-refractivity contribution in [1.82, 2.24) is 4.98 Å². The SMILES string of the molecule is COc1ccccc1CCNc1ncc(C(=O)O)cc1Cl. The third-order valence-corrected chi connectivity index (χ3v) is 3.26. The Morgan fingerprint density at radius 1 is 1.43 bits per heavy atom. The minimum Gasteiger partial charge on any atom is -0.496 e. The first-order valence-corrected chi connectivity index (χ1v) is 6.74. The third kappa shape index (κ3) is 3.86. The predicted molar refractivity (Wildman–Crippen MR) is 81.4 cm³/mol. The highest BCUT2D eigenvalue weighted by molar-refractivity contribution is 6.33. The smallest absolute Gasteiger partial charge is 0.337 e. The van der Waals surface area contributed by atoms with E-state index in [2.05, 4.69) is 10.3 Å². The van der Waals surface area contributed by atoms with Gasteiger partial charge in [-0.25, -0.2) is 9.78 Å². The normalized spacial score (nSPS) is 10.2.